The van der Waals surface area contributed by atoms with Gasteiger partial charge in [-0.25, -0.2) is 14.2 Å². The molecule has 4 rings (SSSR count). The van der Waals surface area contributed by atoms with Crippen LogP contribution in [0.2, 0.25) is 5.02 Å². The Kier molecular flexibility index (Phi) is 5.69. The Bertz CT molecular complexity index is 1110. The summed E-state index contributed by atoms with van der Waals surface area (Å²) in [5.74, 6) is -0.725. The molecule has 30 heavy (non-hydrogen) atoms. The summed E-state index contributed by atoms with van der Waals surface area (Å²) in [6, 6.07) is 7.13. The normalized spacial score (nSPS) is 15.2. The predicted octanol–water partition coefficient (Wildman–Crippen LogP) is 4.10. The van der Waals surface area contributed by atoms with Crippen LogP contribution in [-0.4, -0.2) is 47.3 Å². The molecule has 1 saturated heterocycles. The lowest BCUT2D eigenvalue weighted by Crippen LogP contribution is -2.36. The molecule has 0 amide bonds. The maximum atomic E-state index is 13.8. The predicted molar refractivity (Wildman–Crippen MR) is 110 cm³/mol. The zero-order valence-corrected chi connectivity index (χ0v) is 16.9. The third kappa shape index (κ3) is 4.15. The van der Waals surface area contributed by atoms with Gasteiger partial charge in [0, 0.05) is 24.7 Å². The van der Waals surface area contributed by atoms with Gasteiger partial charge in [0.2, 0.25) is 0 Å². The van der Waals surface area contributed by atoms with Gasteiger partial charge in [0.1, 0.15) is 23.5 Å². The van der Waals surface area contributed by atoms with Crippen molar-refractivity contribution in [3.05, 3.63) is 58.5 Å². The van der Waals surface area contributed by atoms with Crippen LogP contribution in [0.3, 0.4) is 0 Å². The van der Waals surface area contributed by atoms with Crippen molar-refractivity contribution in [1.82, 2.24) is 9.97 Å². The Morgan fingerprint density at radius 2 is 2.07 bits per heavy atom. The largest absolute Gasteiger partial charge is 0.486 e. The number of carbonyl (C=O) groups is 1. The summed E-state index contributed by atoms with van der Waals surface area (Å²) < 4.78 is 25.0. The van der Waals surface area contributed by atoms with Gasteiger partial charge in [0.05, 0.1) is 41.0 Å². The van der Waals surface area contributed by atoms with Crippen LogP contribution >= 0.6 is 11.6 Å². The average Bonchev–Trinajstić information content (AvgIpc) is 2.75. The standard InChI is InChI=1S/C21H19ClFN3O4/c1-12(30-14-2-3-16(22)17(23)10-14)15-8-13(21(27)28)9-18-20(15)25-19(11-24-18)26-4-6-29-7-5-26/h2-3,8-12H,4-7H2,1H3,(H,27,28). The Hall–Kier alpha value is -2.97. The molecule has 0 radical (unpaired) electrons. The fourth-order valence-electron chi connectivity index (χ4n) is 3.33. The number of ether oxygens (including phenoxy) is 2. The minimum absolute atomic E-state index is 0.00523. The van der Waals surface area contributed by atoms with E-state index in [0.29, 0.717) is 48.7 Å². The van der Waals surface area contributed by atoms with Gasteiger partial charge in [0.25, 0.3) is 0 Å². The molecule has 2 aromatic carbocycles. The highest BCUT2D eigenvalue weighted by molar-refractivity contribution is 6.30. The molecule has 0 bridgehead atoms. The SMILES string of the molecule is CC(Oc1ccc(Cl)c(F)c1)c1cc(C(=O)O)cc2ncc(N3CCOCC3)nc12. The monoisotopic (exact) mass is 431 g/mol. The number of carboxylic acids is 1. The summed E-state index contributed by atoms with van der Waals surface area (Å²) in [5.41, 5.74) is 1.59. The number of rotatable bonds is 5. The molecule has 1 N–H and O–H groups in total. The van der Waals surface area contributed by atoms with Crippen LogP contribution < -0.4 is 9.64 Å². The van der Waals surface area contributed by atoms with E-state index in [2.05, 4.69) is 9.88 Å². The van der Waals surface area contributed by atoms with E-state index in [4.69, 9.17) is 26.1 Å². The number of hydrogen-bond donors (Lipinski definition) is 1. The Balaban J connectivity index is 1.75. The van der Waals surface area contributed by atoms with E-state index in [9.17, 15) is 14.3 Å². The minimum atomic E-state index is -1.08. The number of hydrogen-bond acceptors (Lipinski definition) is 6. The lowest BCUT2D eigenvalue weighted by atomic mass is 10.0. The molecular formula is C21H19ClFN3O4. The van der Waals surface area contributed by atoms with Crippen LogP contribution in [0.25, 0.3) is 11.0 Å². The number of anilines is 1. The third-order valence-electron chi connectivity index (χ3n) is 4.89. The number of benzene rings is 2. The second-order valence-electron chi connectivity index (χ2n) is 6.90. The van der Waals surface area contributed by atoms with E-state index >= 15 is 0 Å². The molecule has 156 valence electrons. The number of aromatic carboxylic acids is 1. The molecule has 1 atom stereocenters. The Labute approximate surface area is 177 Å². The fourth-order valence-corrected chi connectivity index (χ4v) is 3.45. The fraction of sp³-hybridized carbons (Fsp3) is 0.286. The van der Waals surface area contributed by atoms with Gasteiger partial charge in [-0.3, -0.25) is 4.98 Å². The van der Waals surface area contributed by atoms with Gasteiger partial charge in [-0.2, -0.15) is 0 Å². The summed E-state index contributed by atoms with van der Waals surface area (Å²) in [7, 11) is 0. The molecule has 1 aliphatic rings. The first-order valence-corrected chi connectivity index (χ1v) is 9.78. The lowest BCUT2D eigenvalue weighted by molar-refractivity contribution is 0.0696. The number of halogens is 2. The van der Waals surface area contributed by atoms with Crippen molar-refractivity contribution < 1.29 is 23.8 Å². The van der Waals surface area contributed by atoms with Crippen molar-refractivity contribution in [2.75, 3.05) is 31.2 Å². The first-order valence-electron chi connectivity index (χ1n) is 9.41. The molecule has 0 saturated carbocycles. The number of carboxylic acid groups (broad SMARTS) is 1. The molecule has 1 fully saturated rings. The zero-order chi connectivity index (χ0) is 21.3. The van der Waals surface area contributed by atoms with Crippen LogP contribution in [0.15, 0.2) is 36.5 Å². The van der Waals surface area contributed by atoms with Crippen molar-refractivity contribution in [1.29, 1.82) is 0 Å². The number of morpholine rings is 1. The molecule has 0 spiro atoms. The minimum Gasteiger partial charge on any atom is -0.486 e. The second-order valence-corrected chi connectivity index (χ2v) is 7.31. The first kappa shape index (κ1) is 20.3. The number of nitrogens with zero attached hydrogens (tertiary/aromatic N) is 3. The van der Waals surface area contributed by atoms with Crippen LogP contribution in [-0.2, 0) is 4.74 Å². The summed E-state index contributed by atoms with van der Waals surface area (Å²) in [4.78, 5) is 22.8. The molecule has 3 aromatic rings. The van der Waals surface area contributed by atoms with Gasteiger partial charge >= 0.3 is 5.97 Å². The van der Waals surface area contributed by atoms with Crippen LogP contribution in [0, 0.1) is 5.82 Å². The molecule has 1 unspecified atom stereocenters. The van der Waals surface area contributed by atoms with Gasteiger partial charge in [-0.1, -0.05) is 11.6 Å². The molecule has 2 heterocycles. The molecular weight excluding hydrogens is 413 g/mol. The maximum absolute atomic E-state index is 13.8. The van der Waals surface area contributed by atoms with Crippen molar-refractivity contribution in [2.24, 2.45) is 0 Å². The van der Waals surface area contributed by atoms with Gasteiger partial charge in [-0.15, -0.1) is 0 Å². The zero-order valence-electron chi connectivity index (χ0n) is 16.1. The van der Waals surface area contributed by atoms with E-state index in [-0.39, 0.29) is 16.3 Å². The van der Waals surface area contributed by atoms with Crippen LogP contribution in [0.5, 0.6) is 5.75 Å². The Morgan fingerprint density at radius 3 is 2.77 bits per heavy atom. The summed E-state index contributed by atoms with van der Waals surface area (Å²) in [6.45, 7) is 4.34. The van der Waals surface area contributed by atoms with E-state index in [1.165, 1.54) is 24.3 Å². The van der Waals surface area contributed by atoms with Gasteiger partial charge < -0.3 is 19.5 Å². The molecule has 0 aliphatic carbocycles. The smallest absolute Gasteiger partial charge is 0.335 e. The first-order chi connectivity index (χ1) is 14.4. The summed E-state index contributed by atoms with van der Waals surface area (Å²) in [5, 5.41) is 9.49. The van der Waals surface area contributed by atoms with E-state index in [1.54, 1.807) is 19.2 Å². The summed E-state index contributed by atoms with van der Waals surface area (Å²) >= 11 is 5.73. The topological polar surface area (TPSA) is 84.8 Å². The number of fused-ring (bicyclic) bond motifs is 1. The van der Waals surface area contributed by atoms with Gasteiger partial charge in [0.15, 0.2) is 0 Å². The van der Waals surface area contributed by atoms with Crippen molar-refractivity contribution in [3.63, 3.8) is 0 Å². The van der Waals surface area contributed by atoms with Crippen molar-refractivity contribution in [3.8, 4) is 5.75 Å². The lowest BCUT2D eigenvalue weighted by Gasteiger charge is -2.28. The van der Waals surface area contributed by atoms with E-state index in [1.807, 2.05) is 0 Å². The van der Waals surface area contributed by atoms with Crippen LogP contribution in [0.1, 0.15) is 28.9 Å². The highest BCUT2D eigenvalue weighted by Crippen LogP contribution is 2.30. The summed E-state index contributed by atoms with van der Waals surface area (Å²) in [6.07, 6.45) is 1.02. The Morgan fingerprint density at radius 1 is 1.30 bits per heavy atom. The van der Waals surface area contributed by atoms with E-state index < -0.39 is 17.9 Å². The quantitative estimate of drug-likeness (QED) is 0.651. The second kappa shape index (κ2) is 8.41. The maximum Gasteiger partial charge on any atom is 0.335 e. The van der Waals surface area contributed by atoms with Crippen molar-refractivity contribution in [2.45, 2.75) is 13.0 Å². The third-order valence-corrected chi connectivity index (χ3v) is 5.20. The number of aromatic nitrogens is 2. The molecule has 9 heteroatoms. The highest BCUT2D eigenvalue weighted by atomic mass is 35.5. The van der Waals surface area contributed by atoms with Crippen LogP contribution in [0.4, 0.5) is 10.2 Å². The van der Waals surface area contributed by atoms with E-state index in [0.717, 1.165) is 0 Å². The highest BCUT2D eigenvalue weighted by Gasteiger charge is 2.20. The van der Waals surface area contributed by atoms with Gasteiger partial charge in [-0.05, 0) is 31.2 Å². The molecule has 1 aliphatic heterocycles. The average molecular weight is 432 g/mol. The molecule has 1 aromatic heterocycles. The molecule has 7 nitrogen and oxygen atoms in total. The van der Waals surface area contributed by atoms with Crippen molar-refractivity contribution >= 4 is 34.4 Å².